The number of nitrogens with two attached hydrogens (primary N) is 1. The number of alkyl halides is 3. The van der Waals surface area contributed by atoms with Gasteiger partial charge in [-0.25, -0.2) is 8.42 Å². The first-order valence-corrected chi connectivity index (χ1v) is 6.71. The van der Waals surface area contributed by atoms with E-state index in [4.69, 9.17) is 5.84 Å². The molecule has 0 aliphatic carbocycles. The third-order valence-electron chi connectivity index (χ3n) is 2.43. The molecule has 0 unspecified atom stereocenters. The summed E-state index contributed by atoms with van der Waals surface area (Å²) in [6.45, 7) is -1.71. The van der Waals surface area contributed by atoms with Crippen LogP contribution in [0.2, 0.25) is 0 Å². The van der Waals surface area contributed by atoms with Crippen molar-refractivity contribution in [2.45, 2.75) is 11.1 Å². The Bertz CT molecular complexity index is 647. The maximum absolute atomic E-state index is 12.2. The number of nitro groups is 1. The van der Waals surface area contributed by atoms with E-state index < -0.39 is 38.3 Å². The van der Waals surface area contributed by atoms with Crippen molar-refractivity contribution in [3.8, 4) is 0 Å². The third-order valence-corrected chi connectivity index (χ3v) is 4.23. The van der Waals surface area contributed by atoms with Gasteiger partial charge in [0.1, 0.15) is 12.2 Å². The van der Waals surface area contributed by atoms with E-state index in [0.29, 0.717) is 6.07 Å². The first kappa shape index (κ1) is 17.1. The molecular formula is C9H11F3N4O4S. The van der Waals surface area contributed by atoms with Crippen molar-refractivity contribution in [2.24, 2.45) is 5.84 Å². The minimum Gasteiger partial charge on any atom is -0.318 e. The van der Waals surface area contributed by atoms with E-state index in [-0.39, 0.29) is 9.99 Å². The summed E-state index contributed by atoms with van der Waals surface area (Å²) in [7, 11) is -3.79. The van der Waals surface area contributed by atoms with Crippen molar-refractivity contribution in [3.05, 3.63) is 28.3 Å². The molecule has 1 aromatic rings. The lowest BCUT2D eigenvalue weighted by Gasteiger charge is -2.18. The smallest absolute Gasteiger partial charge is 0.318 e. The van der Waals surface area contributed by atoms with Crippen LogP contribution in [0.4, 0.5) is 24.5 Å². The van der Waals surface area contributed by atoms with E-state index in [1.54, 1.807) is 0 Å². The van der Waals surface area contributed by atoms with Gasteiger partial charge in [0, 0.05) is 13.1 Å². The summed E-state index contributed by atoms with van der Waals surface area (Å²) in [4.78, 5) is 9.24. The summed E-state index contributed by atoms with van der Waals surface area (Å²) in [5.41, 5.74) is 1.16. The average molecular weight is 328 g/mol. The lowest BCUT2D eigenvalue weighted by Crippen LogP contribution is -2.35. The van der Waals surface area contributed by atoms with Crippen LogP contribution >= 0.6 is 0 Å². The first-order chi connectivity index (χ1) is 9.49. The van der Waals surface area contributed by atoms with Gasteiger partial charge in [-0.05, 0) is 12.1 Å². The van der Waals surface area contributed by atoms with Gasteiger partial charge in [-0.3, -0.25) is 16.0 Å². The van der Waals surface area contributed by atoms with Gasteiger partial charge in [0.2, 0.25) is 10.0 Å². The molecule has 0 heterocycles. The molecule has 0 aromatic heterocycles. The van der Waals surface area contributed by atoms with Crippen molar-refractivity contribution in [3.63, 3.8) is 0 Å². The zero-order valence-corrected chi connectivity index (χ0v) is 11.4. The fourth-order valence-corrected chi connectivity index (χ4v) is 2.64. The predicted molar refractivity (Wildman–Crippen MR) is 66.8 cm³/mol. The largest absolute Gasteiger partial charge is 0.402 e. The number of sulfonamides is 1. The molecule has 0 saturated heterocycles. The van der Waals surface area contributed by atoms with Gasteiger partial charge < -0.3 is 5.43 Å². The Morgan fingerprint density at radius 3 is 2.43 bits per heavy atom. The highest BCUT2D eigenvalue weighted by Gasteiger charge is 2.35. The summed E-state index contributed by atoms with van der Waals surface area (Å²) in [5, 5.41) is 10.8. The van der Waals surface area contributed by atoms with Crippen molar-refractivity contribution in [1.29, 1.82) is 0 Å². The number of hydrazine groups is 1. The molecule has 0 aliphatic rings. The van der Waals surface area contributed by atoms with Crippen LogP contribution in [0.3, 0.4) is 0 Å². The molecule has 1 aromatic carbocycles. The summed E-state index contributed by atoms with van der Waals surface area (Å²) >= 11 is 0. The summed E-state index contributed by atoms with van der Waals surface area (Å²) in [6.07, 6.45) is -4.73. The van der Waals surface area contributed by atoms with E-state index in [9.17, 15) is 31.7 Å². The molecule has 0 bridgehead atoms. The molecule has 118 valence electrons. The SMILES string of the molecule is CN(CC(F)(F)F)S(=O)(=O)c1ccc(NN)c([N+](=O)[O-])c1. The Morgan fingerprint density at radius 1 is 1.43 bits per heavy atom. The minimum absolute atomic E-state index is 0.0571. The third kappa shape index (κ3) is 4.03. The average Bonchev–Trinajstić information content (AvgIpc) is 2.35. The number of anilines is 1. The summed E-state index contributed by atoms with van der Waals surface area (Å²) < 4.78 is 60.6. The molecule has 8 nitrogen and oxygen atoms in total. The van der Waals surface area contributed by atoms with Gasteiger partial charge in [-0.2, -0.15) is 17.5 Å². The Hall–Kier alpha value is -1.92. The number of hydrogen-bond acceptors (Lipinski definition) is 6. The fraction of sp³-hybridized carbons (Fsp3) is 0.333. The van der Waals surface area contributed by atoms with Crippen molar-refractivity contribution < 1.29 is 26.5 Å². The molecule has 0 amide bonds. The number of halogens is 3. The quantitative estimate of drug-likeness (QED) is 0.474. The lowest BCUT2D eigenvalue weighted by atomic mass is 10.3. The van der Waals surface area contributed by atoms with Crippen LogP contribution in [0.25, 0.3) is 0 Å². The number of nitro benzene ring substituents is 1. The van der Waals surface area contributed by atoms with E-state index in [0.717, 1.165) is 19.2 Å². The van der Waals surface area contributed by atoms with E-state index in [2.05, 4.69) is 0 Å². The van der Waals surface area contributed by atoms with Crippen LogP contribution in [0.15, 0.2) is 23.1 Å². The number of nitrogen functional groups attached to an aromatic ring is 1. The molecule has 12 heteroatoms. The minimum atomic E-state index is -4.73. The van der Waals surface area contributed by atoms with Gasteiger partial charge in [-0.15, -0.1) is 0 Å². The zero-order valence-electron chi connectivity index (χ0n) is 10.6. The maximum Gasteiger partial charge on any atom is 0.402 e. The highest BCUT2D eigenvalue weighted by molar-refractivity contribution is 7.89. The number of nitrogens with one attached hydrogen (secondary N) is 1. The topological polar surface area (TPSA) is 119 Å². The Labute approximate surface area is 117 Å². The number of benzene rings is 1. The maximum atomic E-state index is 12.2. The van der Waals surface area contributed by atoms with Crippen LogP contribution in [-0.4, -0.2) is 37.4 Å². The Balaban J connectivity index is 3.26. The van der Waals surface area contributed by atoms with Gasteiger partial charge >= 0.3 is 6.18 Å². The molecule has 0 spiro atoms. The first-order valence-electron chi connectivity index (χ1n) is 5.27. The molecule has 3 N–H and O–H groups in total. The second-order valence-corrected chi connectivity index (χ2v) is 6.00. The second kappa shape index (κ2) is 5.83. The Morgan fingerprint density at radius 2 is 2.00 bits per heavy atom. The monoisotopic (exact) mass is 328 g/mol. The van der Waals surface area contributed by atoms with Crippen molar-refractivity contribution >= 4 is 21.4 Å². The number of hydrogen-bond donors (Lipinski definition) is 2. The lowest BCUT2D eigenvalue weighted by molar-refractivity contribution is -0.384. The molecule has 0 fully saturated rings. The van der Waals surface area contributed by atoms with Gasteiger partial charge in [0.15, 0.2) is 0 Å². The van der Waals surface area contributed by atoms with Crippen LogP contribution in [-0.2, 0) is 10.0 Å². The fourth-order valence-electron chi connectivity index (χ4n) is 1.46. The molecule has 1 rings (SSSR count). The molecule has 0 aliphatic heterocycles. The Kier molecular flexibility index (Phi) is 4.76. The van der Waals surface area contributed by atoms with E-state index in [1.165, 1.54) is 0 Å². The molecular weight excluding hydrogens is 317 g/mol. The van der Waals surface area contributed by atoms with Gasteiger partial charge in [-0.1, -0.05) is 0 Å². The normalized spacial score (nSPS) is 12.5. The van der Waals surface area contributed by atoms with Crippen LogP contribution in [0, 0.1) is 10.1 Å². The standard InChI is InChI=1S/C9H11F3N4O4S/c1-15(5-9(10,11)12)21(19,20)6-2-3-7(14-13)8(4-6)16(17)18/h2-4,14H,5,13H2,1H3. The number of nitrogens with zero attached hydrogens (tertiary/aromatic N) is 2. The molecule has 0 atom stereocenters. The van der Waals surface area contributed by atoms with Crippen LogP contribution in [0.1, 0.15) is 0 Å². The molecule has 0 radical (unpaired) electrons. The van der Waals surface area contributed by atoms with Crippen LogP contribution < -0.4 is 11.3 Å². The molecule has 0 saturated carbocycles. The van der Waals surface area contributed by atoms with E-state index >= 15 is 0 Å². The second-order valence-electron chi connectivity index (χ2n) is 3.96. The highest BCUT2D eigenvalue weighted by atomic mass is 32.2. The summed E-state index contributed by atoms with van der Waals surface area (Å²) in [5.74, 6) is 5.03. The number of rotatable bonds is 5. The van der Waals surface area contributed by atoms with Gasteiger partial charge in [0.05, 0.1) is 9.82 Å². The highest BCUT2D eigenvalue weighted by Crippen LogP contribution is 2.29. The van der Waals surface area contributed by atoms with Crippen molar-refractivity contribution in [1.82, 2.24) is 4.31 Å². The van der Waals surface area contributed by atoms with Gasteiger partial charge in [0.25, 0.3) is 5.69 Å². The zero-order chi connectivity index (χ0) is 16.4. The van der Waals surface area contributed by atoms with E-state index in [1.807, 2.05) is 5.43 Å². The van der Waals surface area contributed by atoms with Crippen molar-refractivity contribution in [2.75, 3.05) is 19.0 Å². The summed E-state index contributed by atoms with van der Waals surface area (Å²) in [6, 6.07) is 2.55. The molecule has 21 heavy (non-hydrogen) atoms. The van der Waals surface area contributed by atoms with Crippen LogP contribution in [0.5, 0.6) is 0 Å². The predicted octanol–water partition coefficient (Wildman–Crippen LogP) is 1.06.